The zero-order valence-electron chi connectivity index (χ0n) is 18.4. The number of nitrogens with zero attached hydrogens (tertiary/aromatic N) is 3. The summed E-state index contributed by atoms with van der Waals surface area (Å²) in [6.07, 6.45) is 1.01. The van der Waals surface area contributed by atoms with Gasteiger partial charge < -0.3 is 0 Å². The Morgan fingerprint density at radius 2 is 1.06 bits per heavy atom. The molecule has 5 aromatic rings. The first-order valence-corrected chi connectivity index (χ1v) is 11.0. The number of hydrogen-bond donors (Lipinski definition) is 0. The molecule has 32 heavy (non-hydrogen) atoms. The maximum atomic E-state index is 4.62. The molecule has 4 aromatic carbocycles. The number of aryl methyl sites for hydroxylation is 2. The second-order valence-corrected chi connectivity index (χ2v) is 8.01. The minimum absolute atomic E-state index is 0.837. The van der Waals surface area contributed by atoms with Crippen LogP contribution in [-0.4, -0.2) is 14.8 Å². The lowest BCUT2D eigenvalue weighted by Crippen LogP contribution is -2.01. The first kappa shape index (κ1) is 20.0. The molecule has 1 heterocycles. The molecule has 5 rings (SSSR count). The summed E-state index contributed by atoms with van der Waals surface area (Å²) >= 11 is 0. The summed E-state index contributed by atoms with van der Waals surface area (Å²) in [5.41, 5.74) is 8.08. The molecule has 1 aromatic heterocycles. The normalized spacial score (nSPS) is 10.9. The fraction of sp³-hybridized carbons (Fsp3) is 0.103. The minimum atomic E-state index is 0.837. The molecule has 0 N–H and O–H groups in total. The van der Waals surface area contributed by atoms with Gasteiger partial charge in [0, 0.05) is 16.8 Å². The van der Waals surface area contributed by atoms with Crippen molar-refractivity contribution in [2.24, 2.45) is 0 Å². The van der Waals surface area contributed by atoms with Crippen molar-refractivity contribution < 1.29 is 0 Å². The third-order valence-electron chi connectivity index (χ3n) is 5.83. The van der Waals surface area contributed by atoms with Gasteiger partial charge in [0.15, 0.2) is 11.6 Å². The molecule has 0 spiro atoms. The van der Waals surface area contributed by atoms with Crippen LogP contribution in [0.2, 0.25) is 0 Å². The fourth-order valence-corrected chi connectivity index (χ4v) is 3.93. The zero-order valence-corrected chi connectivity index (χ0v) is 18.4. The van der Waals surface area contributed by atoms with E-state index in [1.54, 1.807) is 0 Å². The highest BCUT2D eigenvalue weighted by atomic mass is 15.3. The molecule has 3 nitrogen and oxygen atoms in total. The lowest BCUT2D eigenvalue weighted by atomic mass is 10.0. The summed E-state index contributed by atoms with van der Waals surface area (Å²) in [4.78, 5) is 0. The average Bonchev–Trinajstić information content (AvgIpc) is 3.30. The van der Waals surface area contributed by atoms with E-state index < -0.39 is 0 Å². The molecule has 0 fully saturated rings. The molecule has 0 unspecified atom stereocenters. The van der Waals surface area contributed by atoms with E-state index in [0.717, 1.165) is 34.9 Å². The van der Waals surface area contributed by atoms with E-state index in [1.165, 1.54) is 22.3 Å². The van der Waals surface area contributed by atoms with Crippen LogP contribution >= 0.6 is 0 Å². The van der Waals surface area contributed by atoms with Crippen molar-refractivity contribution in [3.05, 3.63) is 114 Å². The number of aromatic nitrogens is 3. The van der Waals surface area contributed by atoms with Gasteiger partial charge in [-0.3, -0.25) is 4.57 Å². The van der Waals surface area contributed by atoms with Gasteiger partial charge in [-0.05, 0) is 42.2 Å². The minimum Gasteiger partial charge on any atom is -0.275 e. The van der Waals surface area contributed by atoms with Crippen LogP contribution in [0.3, 0.4) is 0 Å². The predicted molar refractivity (Wildman–Crippen MR) is 132 cm³/mol. The lowest BCUT2D eigenvalue weighted by Gasteiger charge is -2.12. The van der Waals surface area contributed by atoms with Crippen LogP contribution in [0.4, 0.5) is 0 Å². The standard InChI is InChI=1S/C29H25N3/c1-3-22-11-19-27(20-12-22)32-28(25-13-9-21(2)10-14-25)30-31-29(32)26-17-15-24(16-18-26)23-7-5-4-6-8-23/h4-20H,3H2,1-2H3. The highest BCUT2D eigenvalue weighted by Crippen LogP contribution is 2.30. The van der Waals surface area contributed by atoms with Gasteiger partial charge in [-0.2, -0.15) is 0 Å². The summed E-state index contributed by atoms with van der Waals surface area (Å²) in [6.45, 7) is 4.27. The van der Waals surface area contributed by atoms with Gasteiger partial charge in [0.25, 0.3) is 0 Å². The lowest BCUT2D eigenvalue weighted by molar-refractivity contribution is 1.06. The Balaban J connectivity index is 1.62. The Kier molecular flexibility index (Phi) is 5.39. The molecule has 0 aliphatic rings. The van der Waals surface area contributed by atoms with Crippen LogP contribution in [0.25, 0.3) is 39.6 Å². The number of hydrogen-bond acceptors (Lipinski definition) is 2. The van der Waals surface area contributed by atoms with Crippen LogP contribution in [0, 0.1) is 6.92 Å². The van der Waals surface area contributed by atoms with Gasteiger partial charge >= 0.3 is 0 Å². The van der Waals surface area contributed by atoms with E-state index in [0.29, 0.717) is 0 Å². The van der Waals surface area contributed by atoms with E-state index in [2.05, 4.69) is 126 Å². The molecule has 0 radical (unpaired) electrons. The van der Waals surface area contributed by atoms with Crippen LogP contribution in [0.15, 0.2) is 103 Å². The molecule has 0 saturated heterocycles. The summed E-state index contributed by atoms with van der Waals surface area (Å²) in [7, 11) is 0. The Labute approximate surface area is 189 Å². The van der Waals surface area contributed by atoms with Gasteiger partial charge in [0.1, 0.15) is 0 Å². The molecular formula is C29H25N3. The van der Waals surface area contributed by atoms with Crippen LogP contribution in [0.5, 0.6) is 0 Å². The highest BCUT2D eigenvalue weighted by molar-refractivity contribution is 5.71. The van der Waals surface area contributed by atoms with Crippen molar-refractivity contribution in [1.82, 2.24) is 14.8 Å². The van der Waals surface area contributed by atoms with E-state index in [4.69, 9.17) is 0 Å². The van der Waals surface area contributed by atoms with Crippen molar-refractivity contribution in [3.8, 4) is 39.6 Å². The Bertz CT molecular complexity index is 1310. The van der Waals surface area contributed by atoms with Gasteiger partial charge in [-0.25, -0.2) is 0 Å². The van der Waals surface area contributed by atoms with Crippen molar-refractivity contribution in [2.75, 3.05) is 0 Å². The SMILES string of the molecule is CCc1ccc(-n2c(-c3ccc(C)cc3)nnc2-c2ccc(-c3ccccc3)cc2)cc1. The van der Waals surface area contributed by atoms with Crippen molar-refractivity contribution in [2.45, 2.75) is 20.3 Å². The highest BCUT2D eigenvalue weighted by Gasteiger charge is 2.17. The first-order valence-electron chi connectivity index (χ1n) is 11.0. The van der Waals surface area contributed by atoms with Crippen molar-refractivity contribution in [3.63, 3.8) is 0 Å². The summed E-state index contributed by atoms with van der Waals surface area (Å²) < 4.78 is 2.15. The van der Waals surface area contributed by atoms with E-state index >= 15 is 0 Å². The molecule has 156 valence electrons. The van der Waals surface area contributed by atoms with Gasteiger partial charge in [0.2, 0.25) is 0 Å². The fourth-order valence-electron chi connectivity index (χ4n) is 3.93. The Morgan fingerprint density at radius 1 is 0.562 bits per heavy atom. The van der Waals surface area contributed by atoms with E-state index in [1.807, 2.05) is 6.07 Å². The second-order valence-electron chi connectivity index (χ2n) is 8.01. The van der Waals surface area contributed by atoms with Gasteiger partial charge in [0.05, 0.1) is 0 Å². The van der Waals surface area contributed by atoms with Crippen LogP contribution in [0.1, 0.15) is 18.1 Å². The maximum absolute atomic E-state index is 4.62. The monoisotopic (exact) mass is 415 g/mol. The van der Waals surface area contributed by atoms with Crippen LogP contribution < -0.4 is 0 Å². The van der Waals surface area contributed by atoms with E-state index in [9.17, 15) is 0 Å². The molecule has 0 atom stereocenters. The Hall–Kier alpha value is -3.98. The van der Waals surface area contributed by atoms with Gasteiger partial charge in [-0.15, -0.1) is 10.2 Å². The van der Waals surface area contributed by atoms with Crippen LogP contribution in [-0.2, 0) is 6.42 Å². The molecule has 0 bridgehead atoms. The van der Waals surface area contributed by atoms with Crippen molar-refractivity contribution >= 4 is 0 Å². The zero-order chi connectivity index (χ0) is 21.9. The largest absolute Gasteiger partial charge is 0.275 e. The maximum Gasteiger partial charge on any atom is 0.168 e. The molecule has 0 saturated carbocycles. The van der Waals surface area contributed by atoms with Gasteiger partial charge in [-0.1, -0.05) is 103 Å². The third kappa shape index (κ3) is 3.85. The first-order chi connectivity index (χ1) is 15.7. The van der Waals surface area contributed by atoms with Crippen molar-refractivity contribution in [1.29, 1.82) is 0 Å². The topological polar surface area (TPSA) is 30.7 Å². The molecule has 3 heteroatoms. The number of benzene rings is 4. The summed E-state index contributed by atoms with van der Waals surface area (Å²) in [6, 6.07) is 36.1. The second kappa shape index (κ2) is 8.64. The summed E-state index contributed by atoms with van der Waals surface area (Å²) in [5, 5.41) is 9.22. The molecule has 0 aliphatic heterocycles. The predicted octanol–water partition coefficient (Wildman–Crippen LogP) is 7.14. The quantitative estimate of drug-likeness (QED) is 0.305. The molecule has 0 amide bonds. The smallest absolute Gasteiger partial charge is 0.168 e. The third-order valence-corrected chi connectivity index (χ3v) is 5.83. The van der Waals surface area contributed by atoms with E-state index in [-0.39, 0.29) is 0 Å². The summed E-state index contributed by atoms with van der Waals surface area (Å²) in [5.74, 6) is 1.68. The number of rotatable bonds is 5. The molecule has 0 aliphatic carbocycles. The average molecular weight is 416 g/mol. The Morgan fingerprint density at radius 3 is 1.62 bits per heavy atom. The molecular weight excluding hydrogens is 390 g/mol.